The van der Waals surface area contributed by atoms with Gasteiger partial charge in [-0.25, -0.2) is 0 Å². The summed E-state index contributed by atoms with van der Waals surface area (Å²) in [6.07, 6.45) is 33.3. The van der Waals surface area contributed by atoms with Crippen LogP contribution in [0.15, 0.2) is 121 Å². The molecule has 0 aromatic heterocycles. The number of rotatable bonds is 26. The summed E-state index contributed by atoms with van der Waals surface area (Å²) >= 11 is 5.92. The molecule has 0 radical (unpaired) electrons. The molecule has 8 nitrogen and oxygen atoms in total. The molecule has 2 aromatic rings. The molecule has 0 fully saturated rings. The largest absolute Gasteiger partial charge is 0.478 e. The number of hydrogen-bond acceptors (Lipinski definition) is 5. The van der Waals surface area contributed by atoms with Gasteiger partial charge < -0.3 is 20.3 Å². The van der Waals surface area contributed by atoms with Crippen LogP contribution in [-0.4, -0.2) is 60.2 Å². The fourth-order valence-corrected chi connectivity index (χ4v) is 5.29. The van der Waals surface area contributed by atoms with Crippen LogP contribution < -0.4 is 15.4 Å². The summed E-state index contributed by atoms with van der Waals surface area (Å²) in [5.41, 5.74) is -0.186. The molecule has 2 rings (SSSR count). The van der Waals surface area contributed by atoms with E-state index in [9.17, 15) is 19.2 Å². The topological polar surface area (TPSA) is 105 Å². The number of ether oxygens (including phenoxy) is 1. The molecular formula is C46H60ClN3O5. The van der Waals surface area contributed by atoms with E-state index in [2.05, 4.69) is 84.4 Å². The molecule has 0 unspecified atom stereocenters. The molecule has 0 saturated carbocycles. The first-order valence-corrected chi connectivity index (χ1v) is 19.7. The predicted molar refractivity (Wildman–Crippen MR) is 226 cm³/mol. The number of carbonyl (C=O) groups is 4. The monoisotopic (exact) mass is 769 g/mol. The lowest BCUT2D eigenvalue weighted by Gasteiger charge is -2.27. The summed E-state index contributed by atoms with van der Waals surface area (Å²) in [4.78, 5) is 51.8. The van der Waals surface area contributed by atoms with Gasteiger partial charge >= 0.3 is 0 Å². The molecule has 296 valence electrons. The Kier molecular flexibility index (Phi) is 23.2. The van der Waals surface area contributed by atoms with Crippen LogP contribution in [0.3, 0.4) is 0 Å². The minimum absolute atomic E-state index is 0.0220. The second-order valence-electron chi connectivity index (χ2n) is 13.4. The number of nitrogens with zero attached hydrogens (tertiary/aromatic N) is 1. The molecule has 0 heterocycles. The van der Waals surface area contributed by atoms with E-state index in [1.165, 1.54) is 6.92 Å². The van der Waals surface area contributed by atoms with Crippen LogP contribution in [0.25, 0.3) is 0 Å². The standard InChI is InChI=1S/C46H60ClN3O5/c1-5-6-7-8-9-10-11-12-13-14-15-16-17-18-19-20-21-22-23-25-43(52)48-34-24-36-50(38(2)51)37-35-49-45(54)46(3,4)55-42-32-28-40(29-33-42)44(53)39-26-30-41(47)31-27-39/h6-7,9-10,12-13,15-16,18-19,21-22,26-33H,5,8,11,14,17,20,23-25,34-37H2,1-4H3,(H,48,52)(H,49,54)/b7-6-,10-9-,13-12-,16-15-,19-18-,22-21-. The van der Waals surface area contributed by atoms with Crippen molar-refractivity contribution in [2.24, 2.45) is 0 Å². The van der Waals surface area contributed by atoms with E-state index in [0.29, 0.717) is 60.8 Å². The van der Waals surface area contributed by atoms with Crippen LogP contribution in [0, 0.1) is 0 Å². The van der Waals surface area contributed by atoms with Crippen molar-refractivity contribution in [2.75, 3.05) is 26.2 Å². The minimum Gasteiger partial charge on any atom is -0.478 e. The summed E-state index contributed by atoms with van der Waals surface area (Å²) < 4.78 is 5.94. The van der Waals surface area contributed by atoms with Crippen LogP contribution >= 0.6 is 11.6 Å². The molecule has 3 amide bonds. The maximum atomic E-state index is 13.0. The number of allylic oxidation sites excluding steroid dienone is 12. The SMILES string of the molecule is CC/C=C\C/C=C\C/C=C\C/C=C\C/C=C\C/C=C\CCC(=O)NCCCN(CCNC(=O)C(C)(C)Oc1ccc(C(=O)c2ccc(Cl)cc2)cc1)C(C)=O. The fraction of sp³-hybridized carbons (Fsp3) is 0.391. The third kappa shape index (κ3) is 20.9. The lowest BCUT2D eigenvalue weighted by Crippen LogP contribution is -2.48. The number of hydrogen-bond donors (Lipinski definition) is 2. The molecule has 2 aromatic carbocycles. The highest BCUT2D eigenvalue weighted by Gasteiger charge is 2.30. The Morgan fingerprint density at radius 1 is 0.673 bits per heavy atom. The number of ketones is 1. The molecule has 55 heavy (non-hydrogen) atoms. The summed E-state index contributed by atoms with van der Waals surface area (Å²) in [5, 5.41) is 6.32. The van der Waals surface area contributed by atoms with Gasteiger partial charge in [0.15, 0.2) is 11.4 Å². The van der Waals surface area contributed by atoms with Crippen LogP contribution in [0.2, 0.25) is 5.02 Å². The highest BCUT2D eigenvalue weighted by Crippen LogP contribution is 2.21. The zero-order chi connectivity index (χ0) is 40.2. The Hall–Kier alpha value is -4.95. The first-order chi connectivity index (χ1) is 26.5. The molecule has 9 heteroatoms. The van der Waals surface area contributed by atoms with E-state index in [0.717, 1.165) is 38.5 Å². The van der Waals surface area contributed by atoms with Crippen LogP contribution in [0.4, 0.5) is 0 Å². The summed E-state index contributed by atoms with van der Waals surface area (Å²) in [6.45, 7) is 8.44. The van der Waals surface area contributed by atoms with E-state index in [4.69, 9.17) is 16.3 Å². The molecule has 0 bridgehead atoms. The molecule has 0 aliphatic heterocycles. The normalized spacial score (nSPS) is 12.2. The second kappa shape index (κ2) is 27.6. The summed E-state index contributed by atoms with van der Waals surface area (Å²) in [6, 6.07) is 13.3. The maximum absolute atomic E-state index is 13.0. The Bertz CT molecular complexity index is 1640. The van der Waals surface area contributed by atoms with Crippen molar-refractivity contribution < 1.29 is 23.9 Å². The number of amides is 3. The summed E-state index contributed by atoms with van der Waals surface area (Å²) in [5.74, 6) is -0.170. The van der Waals surface area contributed by atoms with E-state index in [1.54, 1.807) is 67.3 Å². The lowest BCUT2D eigenvalue weighted by molar-refractivity contribution is -0.135. The van der Waals surface area contributed by atoms with Crippen molar-refractivity contribution >= 4 is 35.1 Å². The zero-order valence-corrected chi connectivity index (χ0v) is 33.9. The zero-order valence-electron chi connectivity index (χ0n) is 33.1. The van der Waals surface area contributed by atoms with Gasteiger partial charge in [-0.05, 0) is 114 Å². The van der Waals surface area contributed by atoms with Crippen molar-refractivity contribution in [2.45, 2.75) is 91.1 Å². The van der Waals surface area contributed by atoms with Crippen molar-refractivity contribution in [1.82, 2.24) is 15.5 Å². The van der Waals surface area contributed by atoms with Crippen LogP contribution in [0.1, 0.15) is 101 Å². The number of carbonyl (C=O) groups excluding carboxylic acids is 4. The molecule has 2 N–H and O–H groups in total. The van der Waals surface area contributed by atoms with E-state index in [1.807, 2.05) is 6.08 Å². The Morgan fingerprint density at radius 2 is 1.16 bits per heavy atom. The van der Waals surface area contributed by atoms with Gasteiger partial charge in [0.05, 0.1) is 0 Å². The molecular weight excluding hydrogens is 710 g/mol. The first-order valence-electron chi connectivity index (χ1n) is 19.3. The molecule has 0 aliphatic carbocycles. The van der Waals surface area contributed by atoms with Gasteiger partial charge in [-0.1, -0.05) is 91.4 Å². The lowest BCUT2D eigenvalue weighted by atomic mass is 10.0. The van der Waals surface area contributed by atoms with Gasteiger partial charge in [0.1, 0.15) is 5.75 Å². The van der Waals surface area contributed by atoms with Crippen LogP contribution in [0.5, 0.6) is 5.75 Å². The van der Waals surface area contributed by atoms with Gasteiger partial charge in [0.2, 0.25) is 11.8 Å². The Labute approximate surface area is 334 Å². The average molecular weight is 770 g/mol. The Balaban J connectivity index is 1.57. The molecule has 0 saturated heterocycles. The number of benzene rings is 2. The average Bonchev–Trinajstić information content (AvgIpc) is 3.16. The van der Waals surface area contributed by atoms with Gasteiger partial charge in [-0.3, -0.25) is 19.2 Å². The molecule has 0 spiro atoms. The van der Waals surface area contributed by atoms with Crippen molar-refractivity contribution in [3.63, 3.8) is 0 Å². The van der Waals surface area contributed by atoms with Gasteiger partial charge in [0.25, 0.3) is 5.91 Å². The molecule has 0 atom stereocenters. The predicted octanol–water partition coefficient (Wildman–Crippen LogP) is 9.68. The quantitative estimate of drug-likeness (QED) is 0.0564. The third-order valence-corrected chi connectivity index (χ3v) is 8.57. The van der Waals surface area contributed by atoms with Gasteiger partial charge in [0, 0.05) is 55.7 Å². The van der Waals surface area contributed by atoms with Crippen molar-refractivity contribution in [3.8, 4) is 5.75 Å². The number of halogens is 1. The number of nitrogens with one attached hydrogen (secondary N) is 2. The highest BCUT2D eigenvalue weighted by atomic mass is 35.5. The second-order valence-corrected chi connectivity index (χ2v) is 13.8. The third-order valence-electron chi connectivity index (χ3n) is 8.32. The first kappa shape index (κ1) is 46.2. The van der Waals surface area contributed by atoms with Crippen LogP contribution in [-0.2, 0) is 14.4 Å². The van der Waals surface area contributed by atoms with E-state index >= 15 is 0 Å². The Morgan fingerprint density at radius 3 is 1.67 bits per heavy atom. The van der Waals surface area contributed by atoms with Crippen molar-refractivity contribution in [1.29, 1.82) is 0 Å². The molecule has 0 aliphatic rings. The smallest absolute Gasteiger partial charge is 0.263 e. The minimum atomic E-state index is -1.20. The van der Waals surface area contributed by atoms with Gasteiger partial charge in [-0.15, -0.1) is 0 Å². The van der Waals surface area contributed by atoms with E-state index in [-0.39, 0.29) is 30.0 Å². The van der Waals surface area contributed by atoms with Gasteiger partial charge in [-0.2, -0.15) is 0 Å². The van der Waals surface area contributed by atoms with Crippen molar-refractivity contribution in [3.05, 3.63) is 138 Å². The highest BCUT2D eigenvalue weighted by molar-refractivity contribution is 6.30. The fourth-order valence-electron chi connectivity index (χ4n) is 5.17. The summed E-state index contributed by atoms with van der Waals surface area (Å²) in [7, 11) is 0. The maximum Gasteiger partial charge on any atom is 0.263 e. The van der Waals surface area contributed by atoms with E-state index < -0.39 is 5.60 Å².